The molecule has 1 saturated carbocycles. The lowest BCUT2D eigenvalue weighted by Crippen LogP contribution is -2.52. The second-order valence-electron chi connectivity index (χ2n) is 7.10. The summed E-state index contributed by atoms with van der Waals surface area (Å²) in [4.78, 5) is 6.99. The summed E-state index contributed by atoms with van der Waals surface area (Å²) in [6.45, 7) is 8.79. The fraction of sp³-hybridized carbons (Fsp3) is 0.941. The summed E-state index contributed by atoms with van der Waals surface area (Å²) in [5.74, 6) is 3.03. The molecule has 0 radical (unpaired) electrons. The van der Waals surface area contributed by atoms with Crippen molar-refractivity contribution in [2.45, 2.75) is 44.8 Å². The molecule has 2 rings (SSSR count). The lowest BCUT2D eigenvalue weighted by atomic mass is 9.67. The summed E-state index contributed by atoms with van der Waals surface area (Å²) in [5, 5.41) is 4.38. The normalized spacial score (nSPS) is 24.1. The fourth-order valence-corrected chi connectivity index (χ4v) is 4.68. The molecular formula is C17H34IN3OS. The quantitative estimate of drug-likeness (QED) is 0.378. The van der Waals surface area contributed by atoms with Gasteiger partial charge in [-0.05, 0) is 30.6 Å². The molecule has 0 bridgehead atoms. The van der Waals surface area contributed by atoms with Crippen molar-refractivity contribution in [1.82, 2.24) is 10.2 Å². The summed E-state index contributed by atoms with van der Waals surface area (Å²) in [6.07, 6.45) is 5.17. The maximum atomic E-state index is 5.29. The molecule has 2 fully saturated rings. The van der Waals surface area contributed by atoms with Gasteiger partial charge in [0.25, 0.3) is 0 Å². The Hall–Kier alpha value is 0.310. The average Bonchev–Trinajstić information content (AvgIpc) is 2.49. The predicted octanol–water partition coefficient (Wildman–Crippen LogP) is 3.46. The topological polar surface area (TPSA) is 36.9 Å². The molecule has 0 amide bonds. The number of halogens is 1. The number of rotatable bonds is 6. The first kappa shape index (κ1) is 21.4. The molecule has 1 N–H and O–H groups in total. The lowest BCUT2D eigenvalue weighted by molar-refractivity contribution is 0.0726. The van der Waals surface area contributed by atoms with E-state index < -0.39 is 0 Å². The number of thioether (sulfide) groups is 1. The van der Waals surface area contributed by atoms with E-state index in [0.29, 0.717) is 5.41 Å². The second-order valence-corrected chi connectivity index (χ2v) is 8.44. The smallest absolute Gasteiger partial charge is 0.193 e. The van der Waals surface area contributed by atoms with Crippen LogP contribution in [0, 0.1) is 11.3 Å². The number of aliphatic imine (C=N–C) groups is 1. The van der Waals surface area contributed by atoms with Crippen LogP contribution in [0.2, 0.25) is 0 Å². The van der Waals surface area contributed by atoms with E-state index in [4.69, 9.17) is 4.74 Å². The van der Waals surface area contributed by atoms with Gasteiger partial charge in [0.05, 0.1) is 0 Å². The van der Waals surface area contributed by atoms with E-state index in [2.05, 4.69) is 40.8 Å². The van der Waals surface area contributed by atoms with Crippen molar-refractivity contribution < 1.29 is 4.74 Å². The average molecular weight is 455 g/mol. The molecule has 1 atom stereocenters. The molecular weight excluding hydrogens is 421 g/mol. The lowest BCUT2D eigenvalue weighted by Gasteiger charge is -2.43. The van der Waals surface area contributed by atoms with Gasteiger partial charge in [0, 0.05) is 51.4 Å². The Morgan fingerprint density at radius 2 is 2.17 bits per heavy atom. The minimum atomic E-state index is 0. The molecule has 1 unspecified atom stereocenters. The highest BCUT2D eigenvalue weighted by atomic mass is 127. The first-order chi connectivity index (χ1) is 10.6. The molecule has 0 spiro atoms. The number of nitrogens with one attached hydrogen (secondary N) is 1. The zero-order valence-corrected chi connectivity index (χ0v) is 18.3. The summed E-state index contributed by atoms with van der Waals surface area (Å²) < 4.78 is 5.29. The third-order valence-electron chi connectivity index (χ3n) is 5.22. The molecule has 0 aromatic heterocycles. The van der Waals surface area contributed by atoms with Gasteiger partial charge >= 0.3 is 0 Å². The Labute approximate surface area is 163 Å². The predicted molar refractivity (Wildman–Crippen MR) is 112 cm³/mol. The third-order valence-corrected chi connectivity index (χ3v) is 6.76. The molecule has 136 valence electrons. The zero-order valence-electron chi connectivity index (χ0n) is 15.1. The van der Waals surface area contributed by atoms with Crippen molar-refractivity contribution in [3.8, 4) is 0 Å². The van der Waals surface area contributed by atoms with Gasteiger partial charge in [-0.2, -0.15) is 11.8 Å². The van der Waals surface area contributed by atoms with Gasteiger partial charge in [0.2, 0.25) is 0 Å². The first-order valence-electron chi connectivity index (χ1n) is 8.66. The molecule has 1 aliphatic heterocycles. The highest BCUT2D eigenvalue weighted by Gasteiger charge is 2.37. The van der Waals surface area contributed by atoms with Crippen LogP contribution >= 0.6 is 35.7 Å². The summed E-state index contributed by atoms with van der Waals surface area (Å²) in [5.41, 5.74) is 0.438. The van der Waals surface area contributed by atoms with Crippen LogP contribution < -0.4 is 5.32 Å². The maximum Gasteiger partial charge on any atom is 0.193 e. The SMILES string of the molecule is CN=C(NCC1(CCOC)CCC1)N1CCSC(C(C)C)C1.I. The van der Waals surface area contributed by atoms with Crippen LogP contribution in [-0.2, 0) is 4.74 Å². The van der Waals surface area contributed by atoms with Crippen molar-refractivity contribution in [2.24, 2.45) is 16.3 Å². The van der Waals surface area contributed by atoms with Crippen LogP contribution in [0.5, 0.6) is 0 Å². The summed E-state index contributed by atoms with van der Waals surface area (Å²) in [7, 11) is 3.72. The molecule has 0 aromatic rings. The molecule has 4 nitrogen and oxygen atoms in total. The first-order valence-corrected chi connectivity index (χ1v) is 9.71. The second kappa shape index (κ2) is 10.3. The van der Waals surface area contributed by atoms with Crippen LogP contribution in [0.3, 0.4) is 0 Å². The Morgan fingerprint density at radius 1 is 1.43 bits per heavy atom. The maximum absolute atomic E-state index is 5.29. The van der Waals surface area contributed by atoms with E-state index in [1.165, 1.54) is 25.0 Å². The Bertz CT molecular complexity index is 375. The molecule has 23 heavy (non-hydrogen) atoms. The zero-order chi connectivity index (χ0) is 16.0. The number of guanidine groups is 1. The minimum absolute atomic E-state index is 0. The van der Waals surface area contributed by atoms with Crippen molar-refractivity contribution in [3.63, 3.8) is 0 Å². The van der Waals surface area contributed by atoms with Gasteiger partial charge in [-0.1, -0.05) is 20.3 Å². The van der Waals surface area contributed by atoms with E-state index in [1.54, 1.807) is 7.11 Å². The van der Waals surface area contributed by atoms with Crippen molar-refractivity contribution in [1.29, 1.82) is 0 Å². The highest BCUT2D eigenvalue weighted by molar-refractivity contribution is 14.0. The molecule has 2 aliphatic rings. The van der Waals surface area contributed by atoms with Crippen molar-refractivity contribution in [3.05, 3.63) is 0 Å². The monoisotopic (exact) mass is 455 g/mol. The van der Waals surface area contributed by atoms with E-state index in [-0.39, 0.29) is 24.0 Å². The van der Waals surface area contributed by atoms with Gasteiger partial charge in [0.1, 0.15) is 0 Å². The molecule has 6 heteroatoms. The Morgan fingerprint density at radius 3 is 2.70 bits per heavy atom. The van der Waals surface area contributed by atoms with Gasteiger partial charge in [-0.25, -0.2) is 0 Å². The summed E-state index contributed by atoms with van der Waals surface area (Å²) in [6, 6.07) is 0. The van der Waals surface area contributed by atoms with Crippen molar-refractivity contribution >= 4 is 41.7 Å². The van der Waals surface area contributed by atoms with E-state index in [9.17, 15) is 0 Å². The summed E-state index contributed by atoms with van der Waals surface area (Å²) >= 11 is 2.11. The molecule has 0 aromatic carbocycles. The number of hydrogen-bond acceptors (Lipinski definition) is 3. The van der Waals surface area contributed by atoms with Crippen molar-refractivity contribution in [2.75, 3.05) is 46.2 Å². The third kappa shape index (κ3) is 5.96. The van der Waals surface area contributed by atoms with Gasteiger partial charge in [-0.15, -0.1) is 24.0 Å². The largest absolute Gasteiger partial charge is 0.385 e. The van der Waals surface area contributed by atoms with Crippen LogP contribution in [0.1, 0.15) is 39.5 Å². The van der Waals surface area contributed by atoms with Crippen LogP contribution in [0.15, 0.2) is 4.99 Å². The van der Waals surface area contributed by atoms with Crippen LogP contribution in [0.4, 0.5) is 0 Å². The number of nitrogens with zero attached hydrogens (tertiary/aromatic N) is 2. The van der Waals surface area contributed by atoms with Gasteiger partial charge < -0.3 is 15.0 Å². The number of ether oxygens (including phenoxy) is 1. The molecule has 1 saturated heterocycles. The van der Waals surface area contributed by atoms with Crippen LogP contribution in [-0.4, -0.2) is 62.3 Å². The number of hydrogen-bond donors (Lipinski definition) is 1. The van der Waals surface area contributed by atoms with E-state index in [0.717, 1.165) is 49.8 Å². The highest BCUT2D eigenvalue weighted by Crippen LogP contribution is 2.43. The van der Waals surface area contributed by atoms with Crippen LogP contribution in [0.25, 0.3) is 0 Å². The molecule has 1 heterocycles. The van der Waals surface area contributed by atoms with Gasteiger partial charge in [-0.3, -0.25) is 4.99 Å². The fourth-order valence-electron chi connectivity index (χ4n) is 3.38. The van der Waals surface area contributed by atoms with E-state index in [1.807, 2.05) is 7.05 Å². The van der Waals surface area contributed by atoms with Gasteiger partial charge in [0.15, 0.2) is 5.96 Å². The minimum Gasteiger partial charge on any atom is -0.385 e. The Balaban J connectivity index is 0.00000264. The standard InChI is InChI=1S/C17H33N3OS.HI/c1-14(2)15-12-20(9-11-22-15)16(18-3)19-13-17(6-5-7-17)8-10-21-4;/h14-15H,5-13H2,1-4H3,(H,18,19);1H. The Kier molecular flexibility index (Phi) is 9.59. The number of methoxy groups -OCH3 is 1. The molecule has 1 aliphatic carbocycles. The van der Waals surface area contributed by atoms with E-state index >= 15 is 0 Å².